The number of carbonyl (C=O) groups is 2. The number of nitrogens with one attached hydrogen (secondary N) is 1. The lowest BCUT2D eigenvalue weighted by Gasteiger charge is -2.15. The fraction of sp³-hybridized carbons (Fsp3) is 0.238. The molecule has 3 rings (SSSR count). The van der Waals surface area contributed by atoms with Crippen LogP contribution in [0.2, 0.25) is 0 Å². The zero-order chi connectivity index (χ0) is 19.9. The minimum Gasteiger partial charge on any atom is -0.452 e. The van der Waals surface area contributed by atoms with Crippen molar-refractivity contribution in [2.75, 3.05) is 11.9 Å². The van der Waals surface area contributed by atoms with Crippen LogP contribution in [0.1, 0.15) is 42.1 Å². The molecule has 144 valence electrons. The molecule has 0 radical (unpaired) electrons. The highest BCUT2D eigenvalue weighted by molar-refractivity contribution is 5.96. The van der Waals surface area contributed by atoms with E-state index in [1.54, 1.807) is 35.3 Å². The largest absolute Gasteiger partial charge is 0.452 e. The topological polar surface area (TPSA) is 86.1 Å². The second kappa shape index (κ2) is 8.94. The summed E-state index contributed by atoms with van der Waals surface area (Å²) in [4.78, 5) is 28.3. The van der Waals surface area contributed by atoms with E-state index in [1.165, 1.54) is 6.33 Å². The van der Waals surface area contributed by atoms with Gasteiger partial charge in [0, 0.05) is 5.69 Å². The van der Waals surface area contributed by atoms with Crippen LogP contribution in [0.3, 0.4) is 0 Å². The first-order chi connectivity index (χ1) is 13.6. The molecular weight excluding hydrogens is 356 g/mol. The second-order valence-electron chi connectivity index (χ2n) is 6.41. The molecule has 0 aliphatic rings. The first-order valence-electron chi connectivity index (χ1n) is 9.09. The summed E-state index contributed by atoms with van der Waals surface area (Å²) in [5, 5.41) is 6.85. The Labute approximate surface area is 163 Å². The van der Waals surface area contributed by atoms with Gasteiger partial charge in [-0.05, 0) is 48.2 Å². The molecule has 0 fully saturated rings. The van der Waals surface area contributed by atoms with Gasteiger partial charge in [-0.25, -0.2) is 14.5 Å². The van der Waals surface area contributed by atoms with Crippen LogP contribution in [0, 0.1) is 0 Å². The number of rotatable bonds is 7. The van der Waals surface area contributed by atoms with Crippen molar-refractivity contribution in [2.24, 2.45) is 0 Å². The summed E-state index contributed by atoms with van der Waals surface area (Å²) in [7, 11) is 0. The zero-order valence-corrected chi connectivity index (χ0v) is 15.8. The van der Waals surface area contributed by atoms with Gasteiger partial charge >= 0.3 is 5.97 Å². The summed E-state index contributed by atoms with van der Waals surface area (Å²) >= 11 is 0. The van der Waals surface area contributed by atoms with Crippen molar-refractivity contribution in [2.45, 2.75) is 26.2 Å². The van der Waals surface area contributed by atoms with E-state index in [9.17, 15) is 9.59 Å². The molecule has 1 aromatic heterocycles. The molecule has 0 unspecified atom stereocenters. The van der Waals surface area contributed by atoms with Crippen molar-refractivity contribution in [3.63, 3.8) is 0 Å². The number of ether oxygens (including phenoxy) is 1. The van der Waals surface area contributed by atoms with E-state index in [2.05, 4.69) is 29.2 Å². The molecule has 2 aromatic carbocycles. The van der Waals surface area contributed by atoms with Crippen LogP contribution in [-0.2, 0) is 9.53 Å². The monoisotopic (exact) mass is 378 g/mol. The summed E-state index contributed by atoms with van der Waals surface area (Å²) in [6, 6.07) is 14.4. The molecule has 1 heterocycles. The fourth-order valence-electron chi connectivity index (χ4n) is 2.75. The number of para-hydroxylation sites is 1. The maximum absolute atomic E-state index is 12.2. The molecule has 7 heteroatoms. The second-order valence-corrected chi connectivity index (χ2v) is 6.41. The number of amides is 1. The highest BCUT2D eigenvalue weighted by Gasteiger charge is 2.14. The van der Waals surface area contributed by atoms with Crippen molar-refractivity contribution in [3.8, 4) is 5.69 Å². The SMILES string of the molecule is CC[C@H](C)c1ccccc1NC(=O)COC(=O)c1ccc(-n2cncn2)cc1. The van der Waals surface area contributed by atoms with Gasteiger partial charge in [0.1, 0.15) is 12.7 Å². The minimum absolute atomic E-state index is 0.322. The van der Waals surface area contributed by atoms with Gasteiger partial charge in [0.05, 0.1) is 11.3 Å². The van der Waals surface area contributed by atoms with Gasteiger partial charge in [-0.2, -0.15) is 5.10 Å². The number of esters is 1. The first-order valence-corrected chi connectivity index (χ1v) is 9.09. The third kappa shape index (κ3) is 4.62. The average Bonchev–Trinajstić information content (AvgIpc) is 3.27. The van der Waals surface area contributed by atoms with E-state index in [4.69, 9.17) is 4.74 Å². The van der Waals surface area contributed by atoms with Gasteiger partial charge in [-0.3, -0.25) is 4.79 Å². The molecule has 1 atom stereocenters. The van der Waals surface area contributed by atoms with E-state index in [0.29, 0.717) is 11.5 Å². The maximum atomic E-state index is 12.2. The molecule has 0 saturated carbocycles. The lowest BCUT2D eigenvalue weighted by Crippen LogP contribution is -2.21. The van der Waals surface area contributed by atoms with Crippen LogP contribution in [0.5, 0.6) is 0 Å². The zero-order valence-electron chi connectivity index (χ0n) is 15.8. The number of benzene rings is 2. The summed E-state index contributed by atoms with van der Waals surface area (Å²) in [6.07, 6.45) is 3.96. The molecule has 28 heavy (non-hydrogen) atoms. The highest BCUT2D eigenvalue weighted by atomic mass is 16.5. The smallest absolute Gasteiger partial charge is 0.338 e. The molecular formula is C21H22N4O3. The van der Waals surface area contributed by atoms with Crippen molar-refractivity contribution < 1.29 is 14.3 Å². The number of anilines is 1. The number of aromatic nitrogens is 3. The van der Waals surface area contributed by atoms with Gasteiger partial charge in [0.2, 0.25) is 0 Å². The Balaban J connectivity index is 1.57. The van der Waals surface area contributed by atoms with Gasteiger partial charge < -0.3 is 10.1 Å². The molecule has 3 aromatic rings. The molecule has 0 saturated heterocycles. The summed E-state index contributed by atoms with van der Waals surface area (Å²) in [5.74, 6) is -0.610. The van der Waals surface area contributed by atoms with Gasteiger partial charge in [-0.15, -0.1) is 0 Å². The minimum atomic E-state index is -0.560. The Morgan fingerprint density at radius 3 is 2.57 bits per heavy atom. The van der Waals surface area contributed by atoms with Crippen molar-refractivity contribution in [1.82, 2.24) is 14.8 Å². The molecule has 0 spiro atoms. The number of nitrogens with zero attached hydrogens (tertiary/aromatic N) is 3. The maximum Gasteiger partial charge on any atom is 0.338 e. The third-order valence-corrected chi connectivity index (χ3v) is 4.50. The quantitative estimate of drug-likeness (QED) is 0.635. The summed E-state index contributed by atoms with van der Waals surface area (Å²) in [6.45, 7) is 3.85. The van der Waals surface area contributed by atoms with E-state index in [1.807, 2.05) is 24.3 Å². The van der Waals surface area contributed by atoms with Crippen LogP contribution >= 0.6 is 0 Å². The lowest BCUT2D eigenvalue weighted by molar-refractivity contribution is -0.119. The van der Waals surface area contributed by atoms with Crippen molar-refractivity contribution >= 4 is 17.6 Å². The summed E-state index contributed by atoms with van der Waals surface area (Å²) < 4.78 is 6.71. The molecule has 1 amide bonds. The molecule has 0 aliphatic heterocycles. The number of hydrogen-bond donors (Lipinski definition) is 1. The molecule has 1 N–H and O–H groups in total. The van der Waals surface area contributed by atoms with Crippen molar-refractivity contribution in [3.05, 3.63) is 72.3 Å². The molecule has 0 aliphatic carbocycles. The van der Waals surface area contributed by atoms with Gasteiger partial charge in [0.25, 0.3) is 5.91 Å². The van der Waals surface area contributed by atoms with Gasteiger partial charge in [0.15, 0.2) is 6.61 Å². The van der Waals surface area contributed by atoms with E-state index < -0.39 is 5.97 Å². The van der Waals surface area contributed by atoms with Gasteiger partial charge in [-0.1, -0.05) is 32.0 Å². The van der Waals surface area contributed by atoms with Crippen molar-refractivity contribution in [1.29, 1.82) is 0 Å². The Morgan fingerprint density at radius 1 is 1.14 bits per heavy atom. The van der Waals surface area contributed by atoms with Crippen LogP contribution < -0.4 is 5.32 Å². The molecule has 7 nitrogen and oxygen atoms in total. The average molecular weight is 378 g/mol. The van der Waals surface area contributed by atoms with Crippen LogP contribution in [0.15, 0.2) is 61.2 Å². The standard InChI is InChI=1S/C21H22N4O3/c1-3-15(2)18-6-4-5-7-19(18)24-20(26)12-28-21(27)16-8-10-17(11-9-16)25-14-22-13-23-25/h4-11,13-15H,3,12H2,1-2H3,(H,24,26)/t15-/m0/s1. The normalized spacial score (nSPS) is 11.6. The predicted molar refractivity (Wildman–Crippen MR) is 105 cm³/mol. The van der Waals surface area contributed by atoms with E-state index >= 15 is 0 Å². The Bertz CT molecular complexity index is 937. The number of hydrogen-bond acceptors (Lipinski definition) is 5. The highest BCUT2D eigenvalue weighted by Crippen LogP contribution is 2.26. The van der Waals surface area contributed by atoms with E-state index in [0.717, 1.165) is 23.4 Å². The lowest BCUT2D eigenvalue weighted by atomic mass is 9.97. The third-order valence-electron chi connectivity index (χ3n) is 4.50. The Hall–Kier alpha value is -3.48. The Morgan fingerprint density at radius 2 is 1.89 bits per heavy atom. The predicted octanol–water partition coefficient (Wildman–Crippen LogP) is 3.58. The number of carbonyl (C=O) groups excluding carboxylic acids is 2. The molecule has 0 bridgehead atoms. The fourth-order valence-corrected chi connectivity index (χ4v) is 2.75. The summed E-state index contributed by atoms with van der Waals surface area (Å²) in [5.41, 5.74) is 2.94. The Kier molecular flexibility index (Phi) is 6.16. The van der Waals surface area contributed by atoms with E-state index in [-0.39, 0.29) is 12.5 Å². The first kappa shape index (κ1) is 19.3. The van der Waals surface area contributed by atoms with Crippen LogP contribution in [-0.4, -0.2) is 33.2 Å². The van der Waals surface area contributed by atoms with Crippen LogP contribution in [0.25, 0.3) is 5.69 Å². The van der Waals surface area contributed by atoms with Crippen LogP contribution in [0.4, 0.5) is 5.69 Å².